The average Bonchev–Trinajstić information content (AvgIpc) is 2.32. The number of benzene rings is 1. The predicted molar refractivity (Wildman–Crippen MR) is 69.9 cm³/mol. The van der Waals surface area contributed by atoms with Crippen LogP contribution in [-0.2, 0) is 14.8 Å². The maximum absolute atomic E-state index is 13.0. The van der Waals surface area contributed by atoms with Gasteiger partial charge in [0, 0.05) is 6.54 Å². The van der Waals surface area contributed by atoms with E-state index in [4.69, 9.17) is 11.6 Å². The van der Waals surface area contributed by atoms with Gasteiger partial charge in [-0.05, 0) is 32.0 Å². The number of amides is 1. The molecule has 8 heteroatoms. The highest BCUT2D eigenvalue weighted by molar-refractivity contribution is 7.89. The van der Waals surface area contributed by atoms with Crippen molar-refractivity contribution in [2.75, 3.05) is 6.54 Å². The smallest absolute Gasteiger partial charge is 0.241 e. The van der Waals surface area contributed by atoms with Crippen molar-refractivity contribution >= 4 is 27.5 Å². The lowest BCUT2D eigenvalue weighted by Gasteiger charge is -2.13. The number of carbonyl (C=O) groups excluding carboxylic acids is 1. The van der Waals surface area contributed by atoms with Crippen molar-refractivity contribution in [3.8, 4) is 0 Å². The zero-order chi connectivity index (χ0) is 14.6. The van der Waals surface area contributed by atoms with E-state index in [1.54, 1.807) is 6.92 Å². The van der Waals surface area contributed by atoms with Crippen LogP contribution in [0.3, 0.4) is 0 Å². The summed E-state index contributed by atoms with van der Waals surface area (Å²) in [5.41, 5.74) is 0. The molecule has 0 aromatic heterocycles. The van der Waals surface area contributed by atoms with Gasteiger partial charge in [0.2, 0.25) is 15.9 Å². The summed E-state index contributed by atoms with van der Waals surface area (Å²) >= 11 is 5.52. The third-order valence-electron chi connectivity index (χ3n) is 2.28. The maximum Gasteiger partial charge on any atom is 0.241 e. The molecule has 0 bridgehead atoms. The van der Waals surface area contributed by atoms with Gasteiger partial charge in [0.1, 0.15) is 5.82 Å². The van der Waals surface area contributed by atoms with Gasteiger partial charge in [0.05, 0.1) is 16.0 Å². The van der Waals surface area contributed by atoms with Gasteiger partial charge in [0.15, 0.2) is 0 Å². The van der Waals surface area contributed by atoms with E-state index in [1.165, 1.54) is 6.92 Å². The molecule has 0 saturated carbocycles. The summed E-state index contributed by atoms with van der Waals surface area (Å²) < 4.78 is 39.0. The van der Waals surface area contributed by atoms with Crippen LogP contribution in [0, 0.1) is 5.82 Å². The lowest BCUT2D eigenvalue weighted by atomic mass is 10.3. The summed E-state index contributed by atoms with van der Waals surface area (Å²) in [6.45, 7) is 3.53. The number of nitrogens with one attached hydrogen (secondary N) is 2. The second-order valence-electron chi connectivity index (χ2n) is 3.81. The van der Waals surface area contributed by atoms with Crippen LogP contribution in [0.25, 0.3) is 0 Å². The van der Waals surface area contributed by atoms with Gasteiger partial charge in [-0.25, -0.2) is 12.8 Å². The van der Waals surface area contributed by atoms with E-state index in [-0.39, 0.29) is 9.92 Å². The highest BCUT2D eigenvalue weighted by Crippen LogP contribution is 2.19. The number of rotatable bonds is 5. The third kappa shape index (κ3) is 4.15. The summed E-state index contributed by atoms with van der Waals surface area (Å²) in [6.07, 6.45) is 0. The Balaban J connectivity index is 2.92. The molecule has 106 valence electrons. The Morgan fingerprint density at radius 1 is 1.47 bits per heavy atom. The molecule has 1 atom stereocenters. The Hall–Kier alpha value is -1.18. The minimum atomic E-state index is -3.92. The van der Waals surface area contributed by atoms with E-state index in [9.17, 15) is 17.6 Å². The summed E-state index contributed by atoms with van der Waals surface area (Å²) in [5.74, 6) is -1.16. The van der Waals surface area contributed by atoms with Gasteiger partial charge in [-0.2, -0.15) is 4.72 Å². The summed E-state index contributed by atoms with van der Waals surface area (Å²) in [4.78, 5) is 11.2. The van der Waals surface area contributed by atoms with Crippen molar-refractivity contribution in [2.45, 2.75) is 24.8 Å². The normalized spacial score (nSPS) is 13.1. The van der Waals surface area contributed by atoms with Crippen LogP contribution >= 0.6 is 11.6 Å². The van der Waals surface area contributed by atoms with Crippen molar-refractivity contribution in [3.63, 3.8) is 0 Å². The van der Waals surface area contributed by atoms with Crippen LogP contribution in [0.5, 0.6) is 0 Å². The van der Waals surface area contributed by atoms with E-state index in [0.717, 1.165) is 18.2 Å². The molecule has 0 heterocycles. The molecular formula is C11H14ClFN2O3S. The molecule has 0 aliphatic rings. The Bertz CT molecular complexity index is 577. The summed E-state index contributed by atoms with van der Waals surface area (Å²) in [5, 5.41) is 2.19. The van der Waals surface area contributed by atoms with Gasteiger partial charge in [-0.3, -0.25) is 4.79 Å². The Morgan fingerprint density at radius 2 is 2.11 bits per heavy atom. The van der Waals surface area contributed by atoms with Crippen LogP contribution < -0.4 is 10.0 Å². The van der Waals surface area contributed by atoms with Gasteiger partial charge in [-0.15, -0.1) is 0 Å². The average molecular weight is 309 g/mol. The summed E-state index contributed by atoms with van der Waals surface area (Å²) in [7, 11) is -3.92. The second kappa shape index (κ2) is 6.31. The number of hydrogen-bond donors (Lipinski definition) is 2. The Kier molecular flexibility index (Phi) is 5.28. The molecule has 0 unspecified atom stereocenters. The van der Waals surface area contributed by atoms with E-state index in [0.29, 0.717) is 6.54 Å². The van der Waals surface area contributed by atoms with Crippen molar-refractivity contribution in [1.82, 2.24) is 10.0 Å². The Morgan fingerprint density at radius 3 is 2.63 bits per heavy atom. The first-order chi connectivity index (χ1) is 8.77. The zero-order valence-electron chi connectivity index (χ0n) is 10.4. The first kappa shape index (κ1) is 15.9. The van der Waals surface area contributed by atoms with Crippen molar-refractivity contribution < 1.29 is 17.6 Å². The lowest BCUT2D eigenvalue weighted by Crippen LogP contribution is -2.44. The quantitative estimate of drug-likeness (QED) is 0.860. The fourth-order valence-electron chi connectivity index (χ4n) is 1.33. The first-order valence-electron chi connectivity index (χ1n) is 5.53. The fourth-order valence-corrected chi connectivity index (χ4v) is 2.80. The highest BCUT2D eigenvalue weighted by Gasteiger charge is 2.22. The largest absolute Gasteiger partial charge is 0.355 e. The van der Waals surface area contributed by atoms with Gasteiger partial charge in [-0.1, -0.05) is 11.6 Å². The molecule has 0 radical (unpaired) electrons. The first-order valence-corrected chi connectivity index (χ1v) is 7.39. The van der Waals surface area contributed by atoms with Crippen LogP contribution in [0.2, 0.25) is 5.02 Å². The fraction of sp³-hybridized carbons (Fsp3) is 0.364. The van der Waals surface area contributed by atoms with Gasteiger partial charge in [0.25, 0.3) is 0 Å². The number of carbonyl (C=O) groups is 1. The molecule has 0 aliphatic carbocycles. The molecular weight excluding hydrogens is 295 g/mol. The number of hydrogen-bond acceptors (Lipinski definition) is 3. The summed E-state index contributed by atoms with van der Waals surface area (Å²) in [6, 6.07) is 2.08. The van der Waals surface area contributed by atoms with Gasteiger partial charge < -0.3 is 5.32 Å². The standard InChI is InChI=1S/C11H14ClFN2O3S/c1-3-14-11(16)7(2)15-19(17,18)8-4-5-10(13)9(12)6-8/h4-7,15H,3H2,1-2H3,(H,14,16)/t7-/m0/s1. The van der Waals surface area contributed by atoms with Crippen molar-refractivity contribution in [3.05, 3.63) is 29.0 Å². The number of likely N-dealkylation sites (N-methyl/N-ethyl adjacent to an activating group) is 1. The lowest BCUT2D eigenvalue weighted by molar-refractivity contribution is -0.122. The minimum Gasteiger partial charge on any atom is -0.355 e. The van der Waals surface area contributed by atoms with E-state index in [2.05, 4.69) is 10.0 Å². The zero-order valence-corrected chi connectivity index (χ0v) is 12.0. The van der Waals surface area contributed by atoms with E-state index in [1.807, 2.05) is 0 Å². The molecule has 1 rings (SSSR count). The topological polar surface area (TPSA) is 75.3 Å². The molecule has 1 aromatic rings. The molecule has 5 nitrogen and oxygen atoms in total. The monoisotopic (exact) mass is 308 g/mol. The molecule has 1 amide bonds. The molecule has 0 aliphatic heterocycles. The second-order valence-corrected chi connectivity index (χ2v) is 5.93. The van der Waals surface area contributed by atoms with Crippen LogP contribution in [0.15, 0.2) is 23.1 Å². The van der Waals surface area contributed by atoms with Crippen molar-refractivity contribution in [1.29, 1.82) is 0 Å². The van der Waals surface area contributed by atoms with Crippen molar-refractivity contribution in [2.24, 2.45) is 0 Å². The van der Waals surface area contributed by atoms with E-state index < -0.39 is 27.8 Å². The Labute approximate surface area is 116 Å². The molecule has 19 heavy (non-hydrogen) atoms. The molecule has 1 aromatic carbocycles. The highest BCUT2D eigenvalue weighted by atomic mass is 35.5. The molecule has 0 spiro atoms. The number of sulfonamides is 1. The van der Waals surface area contributed by atoms with Crippen LogP contribution in [0.4, 0.5) is 4.39 Å². The minimum absolute atomic E-state index is 0.199. The third-order valence-corrected chi connectivity index (χ3v) is 4.11. The van der Waals surface area contributed by atoms with E-state index >= 15 is 0 Å². The molecule has 0 fully saturated rings. The van der Waals surface area contributed by atoms with Crippen LogP contribution in [-0.4, -0.2) is 26.9 Å². The molecule has 0 saturated heterocycles. The maximum atomic E-state index is 13.0. The van der Waals surface area contributed by atoms with Gasteiger partial charge >= 0.3 is 0 Å². The SMILES string of the molecule is CCNC(=O)[C@H](C)NS(=O)(=O)c1ccc(F)c(Cl)c1. The number of halogens is 2. The predicted octanol–water partition coefficient (Wildman–Crippen LogP) is 1.28. The molecule has 2 N–H and O–H groups in total. The van der Waals surface area contributed by atoms with Crippen LogP contribution in [0.1, 0.15) is 13.8 Å².